The van der Waals surface area contributed by atoms with E-state index in [2.05, 4.69) is 34.5 Å². The molecule has 1 fully saturated rings. The molecule has 1 heterocycles. The molecule has 2 aromatic rings. The van der Waals surface area contributed by atoms with Crippen molar-refractivity contribution >= 4 is 5.91 Å². The number of hydrogen-bond donors (Lipinski definition) is 2. The molecule has 1 saturated heterocycles. The molecule has 0 unspecified atom stereocenters. The van der Waals surface area contributed by atoms with Crippen molar-refractivity contribution in [2.75, 3.05) is 20.1 Å². The largest absolute Gasteiger partial charge is 0.355 e. The minimum atomic E-state index is -0.0520. The van der Waals surface area contributed by atoms with Gasteiger partial charge in [-0.2, -0.15) is 0 Å². The van der Waals surface area contributed by atoms with E-state index in [9.17, 15) is 4.79 Å². The standard InChI is InChI=1S/C19H23N3O/c1-21-19(23)16-9-7-14(8-10-16)11-22-12-17(18(20)13-22)15-5-3-2-4-6-15/h2-10,17-18H,11-13,20H2,1H3,(H,21,23)/t17-,18+/m0/s1. The summed E-state index contributed by atoms with van der Waals surface area (Å²) in [6.45, 7) is 2.74. The number of likely N-dealkylation sites (tertiary alicyclic amines) is 1. The smallest absolute Gasteiger partial charge is 0.251 e. The fraction of sp³-hybridized carbons (Fsp3) is 0.316. The van der Waals surface area contributed by atoms with E-state index in [0.717, 1.165) is 19.6 Å². The van der Waals surface area contributed by atoms with Crippen LogP contribution in [0.15, 0.2) is 54.6 Å². The van der Waals surface area contributed by atoms with Gasteiger partial charge in [0.1, 0.15) is 0 Å². The molecule has 2 atom stereocenters. The van der Waals surface area contributed by atoms with Gasteiger partial charge in [0.25, 0.3) is 5.91 Å². The highest BCUT2D eigenvalue weighted by molar-refractivity contribution is 5.93. The molecular formula is C19H23N3O. The van der Waals surface area contributed by atoms with Crippen molar-refractivity contribution in [2.45, 2.75) is 18.5 Å². The summed E-state index contributed by atoms with van der Waals surface area (Å²) in [6, 6.07) is 18.5. The average Bonchev–Trinajstić information content (AvgIpc) is 2.96. The summed E-state index contributed by atoms with van der Waals surface area (Å²) in [5.41, 5.74) is 9.56. The predicted molar refractivity (Wildman–Crippen MR) is 92.3 cm³/mol. The monoisotopic (exact) mass is 309 g/mol. The molecule has 4 nitrogen and oxygen atoms in total. The second-order valence-corrected chi connectivity index (χ2v) is 6.15. The second-order valence-electron chi connectivity index (χ2n) is 6.15. The number of carbonyl (C=O) groups excluding carboxylic acids is 1. The van der Waals surface area contributed by atoms with E-state index in [4.69, 9.17) is 5.73 Å². The zero-order chi connectivity index (χ0) is 16.2. The van der Waals surface area contributed by atoms with Crippen molar-refractivity contribution in [3.05, 3.63) is 71.3 Å². The summed E-state index contributed by atoms with van der Waals surface area (Å²) in [5.74, 6) is 0.338. The number of benzene rings is 2. The number of nitrogens with two attached hydrogens (primary N) is 1. The summed E-state index contributed by atoms with van der Waals surface area (Å²) in [4.78, 5) is 14.0. The van der Waals surface area contributed by atoms with E-state index in [1.54, 1.807) is 7.05 Å². The van der Waals surface area contributed by atoms with Crippen LogP contribution in [0.25, 0.3) is 0 Å². The third-order valence-corrected chi connectivity index (χ3v) is 4.52. The van der Waals surface area contributed by atoms with Crippen molar-refractivity contribution in [1.29, 1.82) is 0 Å². The molecule has 0 bridgehead atoms. The highest BCUT2D eigenvalue weighted by atomic mass is 16.1. The van der Waals surface area contributed by atoms with E-state index in [0.29, 0.717) is 11.5 Å². The van der Waals surface area contributed by atoms with Gasteiger partial charge in [-0.05, 0) is 23.3 Å². The van der Waals surface area contributed by atoms with Crippen LogP contribution in [-0.4, -0.2) is 37.0 Å². The van der Waals surface area contributed by atoms with Crippen LogP contribution in [0.3, 0.4) is 0 Å². The van der Waals surface area contributed by atoms with Gasteiger partial charge in [0.2, 0.25) is 0 Å². The first-order valence-corrected chi connectivity index (χ1v) is 8.01. The van der Waals surface area contributed by atoms with E-state index in [1.165, 1.54) is 11.1 Å². The van der Waals surface area contributed by atoms with Crippen LogP contribution >= 0.6 is 0 Å². The molecule has 1 aliphatic rings. The fourth-order valence-corrected chi connectivity index (χ4v) is 3.26. The minimum Gasteiger partial charge on any atom is -0.355 e. The Labute approximate surface area is 137 Å². The van der Waals surface area contributed by atoms with Crippen LogP contribution < -0.4 is 11.1 Å². The van der Waals surface area contributed by atoms with Crippen molar-refractivity contribution in [1.82, 2.24) is 10.2 Å². The highest BCUT2D eigenvalue weighted by Gasteiger charge is 2.30. The van der Waals surface area contributed by atoms with Crippen LogP contribution in [0.1, 0.15) is 27.4 Å². The summed E-state index contributed by atoms with van der Waals surface area (Å²) < 4.78 is 0. The Morgan fingerprint density at radius 3 is 2.48 bits per heavy atom. The van der Waals surface area contributed by atoms with E-state index >= 15 is 0 Å². The molecule has 2 aromatic carbocycles. The maximum absolute atomic E-state index is 11.6. The normalized spacial score (nSPS) is 21.3. The first-order valence-electron chi connectivity index (χ1n) is 8.01. The Bertz CT molecular complexity index is 654. The number of nitrogens with zero attached hydrogens (tertiary/aromatic N) is 1. The molecule has 0 saturated carbocycles. The van der Waals surface area contributed by atoms with Gasteiger partial charge in [-0.3, -0.25) is 9.69 Å². The van der Waals surface area contributed by atoms with Crippen LogP contribution in [-0.2, 0) is 6.54 Å². The molecule has 4 heteroatoms. The van der Waals surface area contributed by atoms with Crippen LogP contribution in [0, 0.1) is 0 Å². The molecule has 1 amide bonds. The van der Waals surface area contributed by atoms with Crippen molar-refractivity contribution < 1.29 is 4.79 Å². The minimum absolute atomic E-state index is 0.0520. The van der Waals surface area contributed by atoms with Gasteiger partial charge in [-0.15, -0.1) is 0 Å². The average molecular weight is 309 g/mol. The van der Waals surface area contributed by atoms with Gasteiger partial charge < -0.3 is 11.1 Å². The van der Waals surface area contributed by atoms with Crippen LogP contribution in [0.4, 0.5) is 0 Å². The van der Waals surface area contributed by atoms with Crippen LogP contribution in [0.5, 0.6) is 0 Å². The molecule has 0 aromatic heterocycles. The third-order valence-electron chi connectivity index (χ3n) is 4.52. The summed E-state index contributed by atoms with van der Waals surface area (Å²) in [6.07, 6.45) is 0. The predicted octanol–water partition coefficient (Wildman–Crippen LogP) is 1.97. The summed E-state index contributed by atoms with van der Waals surface area (Å²) in [7, 11) is 1.64. The lowest BCUT2D eigenvalue weighted by molar-refractivity contribution is 0.0963. The fourth-order valence-electron chi connectivity index (χ4n) is 3.26. The van der Waals surface area contributed by atoms with Gasteiger partial charge >= 0.3 is 0 Å². The zero-order valence-corrected chi connectivity index (χ0v) is 13.4. The first kappa shape index (κ1) is 15.7. The Hall–Kier alpha value is -2.17. The Kier molecular flexibility index (Phi) is 4.74. The lowest BCUT2D eigenvalue weighted by Crippen LogP contribution is -2.28. The van der Waals surface area contributed by atoms with Crippen molar-refractivity contribution in [3.63, 3.8) is 0 Å². The van der Waals surface area contributed by atoms with E-state index in [-0.39, 0.29) is 11.9 Å². The number of nitrogens with one attached hydrogen (secondary N) is 1. The molecule has 0 spiro atoms. The summed E-state index contributed by atoms with van der Waals surface area (Å²) >= 11 is 0. The maximum atomic E-state index is 11.6. The van der Waals surface area contributed by atoms with Gasteiger partial charge in [0.15, 0.2) is 0 Å². The second kappa shape index (κ2) is 6.94. The third kappa shape index (κ3) is 3.60. The SMILES string of the molecule is CNC(=O)c1ccc(CN2C[C@@H](N)[C@H](c3ccccc3)C2)cc1. The van der Waals surface area contributed by atoms with Gasteiger partial charge in [0, 0.05) is 44.2 Å². The number of hydrogen-bond acceptors (Lipinski definition) is 3. The Morgan fingerprint density at radius 2 is 1.83 bits per heavy atom. The zero-order valence-electron chi connectivity index (χ0n) is 13.4. The number of rotatable bonds is 4. The lowest BCUT2D eigenvalue weighted by atomic mass is 9.95. The van der Waals surface area contributed by atoms with Gasteiger partial charge in [0.05, 0.1) is 0 Å². The molecule has 0 radical (unpaired) electrons. The van der Waals surface area contributed by atoms with Crippen molar-refractivity contribution in [2.24, 2.45) is 5.73 Å². The molecule has 0 aliphatic carbocycles. The lowest BCUT2D eigenvalue weighted by Gasteiger charge is -2.16. The molecule has 120 valence electrons. The molecule has 3 rings (SSSR count). The maximum Gasteiger partial charge on any atom is 0.251 e. The topological polar surface area (TPSA) is 58.4 Å². The quantitative estimate of drug-likeness (QED) is 0.908. The molecule has 3 N–H and O–H groups in total. The number of amides is 1. The van der Waals surface area contributed by atoms with Gasteiger partial charge in [-0.25, -0.2) is 0 Å². The molecule has 1 aliphatic heterocycles. The van der Waals surface area contributed by atoms with Crippen LogP contribution in [0.2, 0.25) is 0 Å². The van der Waals surface area contributed by atoms with E-state index < -0.39 is 0 Å². The highest BCUT2D eigenvalue weighted by Crippen LogP contribution is 2.27. The Balaban J connectivity index is 1.64. The molecule has 23 heavy (non-hydrogen) atoms. The summed E-state index contributed by atoms with van der Waals surface area (Å²) in [5, 5.41) is 2.64. The van der Waals surface area contributed by atoms with E-state index in [1.807, 2.05) is 30.3 Å². The first-order chi connectivity index (χ1) is 11.2. The van der Waals surface area contributed by atoms with Gasteiger partial charge in [-0.1, -0.05) is 42.5 Å². The number of carbonyl (C=O) groups is 1. The molecular weight excluding hydrogens is 286 g/mol. The van der Waals surface area contributed by atoms with Crippen molar-refractivity contribution in [3.8, 4) is 0 Å². The Morgan fingerprint density at radius 1 is 1.13 bits per heavy atom.